The molecule has 10 nitrogen and oxygen atoms in total. The van der Waals surface area contributed by atoms with Crippen LogP contribution >= 0.6 is 0 Å². The third-order valence-electron chi connectivity index (χ3n) is 9.60. The zero-order valence-corrected chi connectivity index (χ0v) is 20.3. The van der Waals surface area contributed by atoms with Crippen LogP contribution in [0.25, 0.3) is 0 Å². The lowest BCUT2D eigenvalue weighted by molar-refractivity contribution is -0.352. The van der Waals surface area contributed by atoms with Crippen molar-refractivity contribution >= 4 is 17.7 Å². The number of esters is 2. The average Bonchev–Trinajstić information content (AvgIpc) is 3.09. The molecule has 2 heterocycles. The van der Waals surface area contributed by atoms with Crippen LogP contribution < -0.4 is 0 Å². The van der Waals surface area contributed by atoms with Gasteiger partial charge in [0.05, 0.1) is 6.61 Å². The smallest absolute Gasteiger partial charge is 0.335 e. The number of aliphatic hydroxyl groups is 4. The minimum Gasteiger partial charge on any atom is -0.456 e. The molecular weight excluding hydrogens is 460 g/mol. The number of aliphatic hydroxyl groups excluding tert-OH is 3. The highest BCUT2D eigenvalue weighted by atomic mass is 16.7. The Hall–Kier alpha value is -2.11. The van der Waals surface area contributed by atoms with Gasteiger partial charge in [0.2, 0.25) is 0 Å². The van der Waals surface area contributed by atoms with E-state index in [1.165, 1.54) is 6.08 Å². The van der Waals surface area contributed by atoms with E-state index in [0.29, 0.717) is 11.1 Å². The Labute approximate surface area is 202 Å². The molecule has 0 aromatic rings. The predicted molar refractivity (Wildman–Crippen MR) is 117 cm³/mol. The summed E-state index contributed by atoms with van der Waals surface area (Å²) < 4.78 is 17.6. The van der Waals surface area contributed by atoms with Crippen LogP contribution in [-0.2, 0) is 28.6 Å². The van der Waals surface area contributed by atoms with Crippen LogP contribution in [0, 0.1) is 34.5 Å². The Bertz CT molecular complexity index is 1060. The van der Waals surface area contributed by atoms with Gasteiger partial charge in [-0.15, -0.1) is 0 Å². The molecule has 2 saturated carbocycles. The molecule has 0 radical (unpaired) electrons. The molecule has 5 rings (SSSR count). The number of carbonyl (C=O) groups excluding carboxylic acids is 3. The van der Waals surface area contributed by atoms with Gasteiger partial charge in [0.25, 0.3) is 0 Å². The fourth-order valence-electron chi connectivity index (χ4n) is 8.22. The predicted octanol–water partition coefficient (Wildman–Crippen LogP) is -0.375. The van der Waals surface area contributed by atoms with Crippen molar-refractivity contribution in [1.29, 1.82) is 0 Å². The summed E-state index contributed by atoms with van der Waals surface area (Å²) in [6, 6.07) is 0. The molecule has 35 heavy (non-hydrogen) atoms. The van der Waals surface area contributed by atoms with Crippen LogP contribution in [0.2, 0.25) is 0 Å². The molecule has 4 N–H and O–H groups in total. The molecule has 1 unspecified atom stereocenters. The third-order valence-corrected chi connectivity index (χ3v) is 9.60. The maximum atomic E-state index is 13.0. The van der Waals surface area contributed by atoms with E-state index in [2.05, 4.69) is 0 Å². The molecule has 0 amide bonds. The summed E-state index contributed by atoms with van der Waals surface area (Å²) in [6.45, 7) is 7.86. The molecule has 4 fully saturated rings. The van der Waals surface area contributed by atoms with E-state index in [9.17, 15) is 34.8 Å². The highest BCUT2D eigenvalue weighted by Gasteiger charge is 2.85. The second kappa shape index (κ2) is 7.45. The molecule has 2 aliphatic heterocycles. The van der Waals surface area contributed by atoms with Crippen LogP contribution in [0.15, 0.2) is 23.3 Å². The van der Waals surface area contributed by atoms with Gasteiger partial charge in [0.15, 0.2) is 17.7 Å². The van der Waals surface area contributed by atoms with Crippen molar-refractivity contribution in [3.63, 3.8) is 0 Å². The minimum atomic E-state index is -2.20. The van der Waals surface area contributed by atoms with Crippen molar-refractivity contribution in [1.82, 2.24) is 0 Å². The van der Waals surface area contributed by atoms with Crippen LogP contribution in [0.4, 0.5) is 0 Å². The molecule has 1 spiro atoms. The summed E-state index contributed by atoms with van der Waals surface area (Å²) in [5.41, 5.74) is -2.05. The topological polar surface area (TPSA) is 160 Å². The normalized spacial score (nSPS) is 52.8. The molecule has 0 aromatic carbocycles. The van der Waals surface area contributed by atoms with Crippen LogP contribution in [0.3, 0.4) is 0 Å². The van der Waals surface area contributed by atoms with Crippen LogP contribution in [0.5, 0.6) is 0 Å². The molecule has 2 bridgehead atoms. The molecule has 192 valence electrons. The van der Waals surface area contributed by atoms with Crippen LogP contribution in [0.1, 0.15) is 34.6 Å². The molecule has 5 aliphatic rings. The number of carbonyl (C=O) groups is 3. The summed E-state index contributed by atoms with van der Waals surface area (Å²) in [6.07, 6.45) is -4.27. The van der Waals surface area contributed by atoms with Gasteiger partial charge in [0.1, 0.15) is 24.4 Å². The van der Waals surface area contributed by atoms with Crippen molar-refractivity contribution in [2.45, 2.75) is 70.9 Å². The summed E-state index contributed by atoms with van der Waals surface area (Å²) in [7, 11) is 0. The number of ketones is 1. The van der Waals surface area contributed by atoms with E-state index in [4.69, 9.17) is 14.2 Å². The lowest BCUT2D eigenvalue weighted by Gasteiger charge is -2.69. The Kier molecular flexibility index (Phi) is 5.23. The number of rotatable bonds is 2. The van der Waals surface area contributed by atoms with E-state index in [-0.39, 0.29) is 6.61 Å². The first-order valence-corrected chi connectivity index (χ1v) is 11.9. The number of allylic oxidation sites excluding steroid dienone is 1. The van der Waals surface area contributed by atoms with E-state index < -0.39 is 88.5 Å². The van der Waals surface area contributed by atoms with Gasteiger partial charge < -0.3 is 34.6 Å². The standard InChI is InChI=1S/C25H32O10/c1-6-9(2)20(30)34-16-13-10(3)7-12(26)18(29)23(13,5)22-24-8-33-25(22,32)17(28)11(4)14(24)15(27)21(31)35-19(16)24/h6-7,11,13-19,22,27-29,32H,8H2,1-5H3/b9-6+/t11-,13-,14-,15-,16-,17-,18-,19-,22-,23-,24-,25?/m1/s1. The number of fused-ring (bicyclic) bond motifs is 1. The summed E-state index contributed by atoms with van der Waals surface area (Å²) in [5.74, 6) is -8.13. The first-order valence-electron chi connectivity index (χ1n) is 11.9. The van der Waals surface area contributed by atoms with E-state index >= 15 is 0 Å². The lowest BCUT2D eigenvalue weighted by Crippen LogP contribution is -2.81. The zero-order chi connectivity index (χ0) is 25.8. The van der Waals surface area contributed by atoms with Crippen molar-refractivity contribution in [2.24, 2.45) is 34.5 Å². The molecular formula is C25H32O10. The van der Waals surface area contributed by atoms with Crippen molar-refractivity contribution < 1.29 is 49.0 Å². The highest BCUT2D eigenvalue weighted by Crippen LogP contribution is 2.73. The monoisotopic (exact) mass is 492 g/mol. The fraction of sp³-hybridized carbons (Fsp3) is 0.720. The molecule has 10 heteroatoms. The average molecular weight is 493 g/mol. The molecule has 3 aliphatic carbocycles. The largest absolute Gasteiger partial charge is 0.456 e. The van der Waals surface area contributed by atoms with Gasteiger partial charge in [-0.2, -0.15) is 0 Å². The van der Waals surface area contributed by atoms with Gasteiger partial charge >= 0.3 is 11.9 Å². The third kappa shape index (κ3) is 2.69. The van der Waals surface area contributed by atoms with Gasteiger partial charge in [-0.1, -0.05) is 25.5 Å². The second-order valence-electron chi connectivity index (χ2n) is 11.1. The molecule has 2 saturated heterocycles. The summed E-state index contributed by atoms with van der Waals surface area (Å²) in [5, 5.41) is 45.3. The SMILES string of the molecule is C/C=C(\C)C(=O)O[C@@H]1[C@H]2C(C)=CC(=O)[C@@H](O)[C@]2(C)[C@H]2C3(O)OC[C@]24[C@H]([C@@H](C)[C@H]3O)[C@@H](O)C(=O)O[C@H]14. The number of hydrogen-bond donors (Lipinski definition) is 4. The quantitative estimate of drug-likeness (QED) is 0.296. The number of hydrogen-bond acceptors (Lipinski definition) is 10. The van der Waals surface area contributed by atoms with E-state index in [1.807, 2.05) is 0 Å². The fourth-order valence-corrected chi connectivity index (χ4v) is 8.22. The summed E-state index contributed by atoms with van der Waals surface area (Å²) >= 11 is 0. The van der Waals surface area contributed by atoms with E-state index in [0.717, 1.165) is 0 Å². The van der Waals surface area contributed by atoms with Gasteiger partial charge in [-0.25, -0.2) is 9.59 Å². The van der Waals surface area contributed by atoms with Crippen molar-refractivity contribution in [2.75, 3.05) is 6.61 Å². The van der Waals surface area contributed by atoms with Gasteiger partial charge in [-0.05, 0) is 32.8 Å². The zero-order valence-electron chi connectivity index (χ0n) is 20.3. The molecule has 0 aromatic heterocycles. The minimum absolute atomic E-state index is 0.238. The Morgan fingerprint density at radius 3 is 2.54 bits per heavy atom. The van der Waals surface area contributed by atoms with Crippen LogP contribution in [-0.4, -0.2) is 81.1 Å². The highest BCUT2D eigenvalue weighted by molar-refractivity contribution is 5.96. The van der Waals surface area contributed by atoms with Gasteiger partial charge in [0, 0.05) is 34.2 Å². The first kappa shape index (κ1) is 24.6. The Morgan fingerprint density at radius 1 is 1.26 bits per heavy atom. The van der Waals surface area contributed by atoms with E-state index in [1.54, 1.807) is 40.7 Å². The first-order chi connectivity index (χ1) is 16.3. The van der Waals surface area contributed by atoms with Gasteiger partial charge in [-0.3, -0.25) is 4.79 Å². The maximum Gasteiger partial charge on any atom is 0.335 e. The number of ether oxygens (including phenoxy) is 3. The Morgan fingerprint density at radius 2 is 1.91 bits per heavy atom. The van der Waals surface area contributed by atoms with Crippen molar-refractivity contribution in [3.8, 4) is 0 Å². The second-order valence-corrected chi connectivity index (χ2v) is 11.1. The summed E-state index contributed by atoms with van der Waals surface area (Å²) in [4.78, 5) is 38.8. The maximum absolute atomic E-state index is 13.0. The van der Waals surface area contributed by atoms with Crippen molar-refractivity contribution in [3.05, 3.63) is 23.3 Å². The Balaban J connectivity index is 1.81. The molecule has 12 atom stereocenters. The lowest BCUT2D eigenvalue weighted by atomic mass is 9.37.